The monoisotopic (exact) mass is 267 g/mol. The maximum Gasteiger partial charge on any atom is 0.245 e. The van der Waals surface area contributed by atoms with E-state index in [0.717, 1.165) is 32.2 Å². The Kier molecular flexibility index (Phi) is 4.72. The Hall–Kier alpha value is -0.630. The summed E-state index contributed by atoms with van der Waals surface area (Å²) in [6.07, 6.45) is 3.95. The van der Waals surface area contributed by atoms with Gasteiger partial charge in [-0.15, -0.1) is 12.4 Å². The highest BCUT2D eigenvalue weighted by molar-refractivity contribution is 7.89. The SMILES string of the molecule is Cl.O=S(=O)(NC1CCNCC1)c1cnoc1. The number of rotatable bonds is 3. The molecule has 0 radical (unpaired) electrons. The molecule has 1 aromatic rings. The lowest BCUT2D eigenvalue weighted by Gasteiger charge is -2.22. The van der Waals surface area contributed by atoms with Gasteiger partial charge in [0, 0.05) is 6.04 Å². The molecule has 1 saturated heterocycles. The van der Waals surface area contributed by atoms with Crippen molar-refractivity contribution >= 4 is 22.4 Å². The molecule has 8 heteroatoms. The average molecular weight is 268 g/mol. The first-order chi connectivity index (χ1) is 7.18. The average Bonchev–Trinajstić information content (AvgIpc) is 2.71. The van der Waals surface area contributed by atoms with Gasteiger partial charge in [-0.1, -0.05) is 5.16 Å². The maximum absolute atomic E-state index is 11.7. The molecular formula is C8H14ClN3O3S. The first-order valence-corrected chi connectivity index (χ1v) is 6.29. The summed E-state index contributed by atoms with van der Waals surface area (Å²) >= 11 is 0. The van der Waals surface area contributed by atoms with Gasteiger partial charge >= 0.3 is 0 Å². The molecule has 92 valence electrons. The molecular weight excluding hydrogens is 254 g/mol. The van der Waals surface area contributed by atoms with Gasteiger partial charge in [0.1, 0.15) is 11.2 Å². The van der Waals surface area contributed by atoms with E-state index in [1.807, 2.05) is 0 Å². The van der Waals surface area contributed by atoms with Gasteiger partial charge in [0.05, 0.1) is 6.20 Å². The number of nitrogens with one attached hydrogen (secondary N) is 2. The van der Waals surface area contributed by atoms with Crippen LogP contribution in [0.25, 0.3) is 0 Å². The van der Waals surface area contributed by atoms with Crippen LogP contribution < -0.4 is 10.0 Å². The standard InChI is InChI=1S/C8H13N3O3S.ClH/c12-15(13,8-5-10-14-6-8)11-7-1-3-9-4-2-7;/h5-7,9,11H,1-4H2;1H. The second-order valence-electron chi connectivity index (χ2n) is 3.51. The van der Waals surface area contributed by atoms with Gasteiger partial charge < -0.3 is 9.84 Å². The summed E-state index contributed by atoms with van der Waals surface area (Å²) in [5.74, 6) is 0. The summed E-state index contributed by atoms with van der Waals surface area (Å²) in [5, 5.41) is 6.54. The third-order valence-electron chi connectivity index (χ3n) is 2.38. The summed E-state index contributed by atoms with van der Waals surface area (Å²) < 4.78 is 30.6. The van der Waals surface area contributed by atoms with Gasteiger partial charge in [0.2, 0.25) is 10.0 Å². The van der Waals surface area contributed by atoms with Crippen molar-refractivity contribution in [1.82, 2.24) is 15.2 Å². The number of halogens is 1. The normalized spacial score (nSPS) is 18.0. The van der Waals surface area contributed by atoms with E-state index in [-0.39, 0.29) is 23.3 Å². The van der Waals surface area contributed by atoms with Crippen LogP contribution in [-0.4, -0.2) is 32.7 Å². The molecule has 0 atom stereocenters. The Balaban J connectivity index is 0.00000128. The largest absolute Gasteiger partial charge is 0.363 e. The van der Waals surface area contributed by atoms with Gasteiger partial charge in [-0.3, -0.25) is 0 Å². The van der Waals surface area contributed by atoms with Crippen LogP contribution in [0.2, 0.25) is 0 Å². The summed E-state index contributed by atoms with van der Waals surface area (Å²) in [4.78, 5) is 0.0843. The van der Waals surface area contributed by atoms with Crippen molar-refractivity contribution in [1.29, 1.82) is 0 Å². The predicted octanol–water partition coefficient (Wildman–Crippen LogP) is 0.127. The fraction of sp³-hybridized carbons (Fsp3) is 0.625. The van der Waals surface area contributed by atoms with Crippen LogP contribution in [0.3, 0.4) is 0 Å². The summed E-state index contributed by atoms with van der Waals surface area (Å²) in [5.41, 5.74) is 0. The third-order valence-corrected chi connectivity index (χ3v) is 3.85. The van der Waals surface area contributed by atoms with Crippen LogP contribution in [0.5, 0.6) is 0 Å². The Morgan fingerprint density at radius 2 is 2.12 bits per heavy atom. The Labute approximate surface area is 100 Å². The second-order valence-corrected chi connectivity index (χ2v) is 5.22. The number of nitrogens with zero attached hydrogens (tertiary/aromatic N) is 1. The van der Waals surface area contributed by atoms with E-state index < -0.39 is 10.0 Å². The molecule has 0 amide bonds. The first kappa shape index (κ1) is 13.4. The fourth-order valence-electron chi connectivity index (χ4n) is 1.56. The molecule has 1 fully saturated rings. The van der Waals surface area contributed by atoms with Crippen LogP contribution in [0.4, 0.5) is 0 Å². The van der Waals surface area contributed by atoms with Gasteiger partial charge in [0.25, 0.3) is 0 Å². The molecule has 6 nitrogen and oxygen atoms in total. The van der Waals surface area contributed by atoms with Gasteiger partial charge in [-0.2, -0.15) is 0 Å². The third kappa shape index (κ3) is 3.18. The Morgan fingerprint density at radius 3 is 2.69 bits per heavy atom. The van der Waals surface area contributed by atoms with Crippen molar-refractivity contribution in [2.75, 3.05) is 13.1 Å². The van der Waals surface area contributed by atoms with Crippen LogP contribution in [0, 0.1) is 0 Å². The molecule has 2 heterocycles. The van der Waals surface area contributed by atoms with E-state index in [1.54, 1.807) is 0 Å². The first-order valence-electron chi connectivity index (χ1n) is 4.81. The highest BCUT2D eigenvalue weighted by Gasteiger charge is 2.22. The van der Waals surface area contributed by atoms with E-state index in [0.29, 0.717) is 0 Å². The molecule has 1 aromatic heterocycles. The molecule has 0 saturated carbocycles. The number of hydrogen-bond acceptors (Lipinski definition) is 5. The van der Waals surface area contributed by atoms with Crippen molar-refractivity contribution in [3.63, 3.8) is 0 Å². The molecule has 1 aliphatic heterocycles. The summed E-state index contributed by atoms with van der Waals surface area (Å²) in [6.45, 7) is 1.69. The zero-order chi connectivity index (χ0) is 10.7. The van der Waals surface area contributed by atoms with Crippen LogP contribution >= 0.6 is 12.4 Å². The zero-order valence-corrected chi connectivity index (χ0v) is 10.2. The van der Waals surface area contributed by atoms with Crippen molar-refractivity contribution in [2.24, 2.45) is 0 Å². The van der Waals surface area contributed by atoms with Crippen molar-refractivity contribution < 1.29 is 12.9 Å². The number of aromatic nitrogens is 1. The zero-order valence-electron chi connectivity index (χ0n) is 8.55. The summed E-state index contributed by atoms with van der Waals surface area (Å²) in [6, 6.07) is 0.00569. The van der Waals surface area contributed by atoms with E-state index in [9.17, 15) is 8.42 Å². The van der Waals surface area contributed by atoms with Crippen molar-refractivity contribution in [3.05, 3.63) is 12.5 Å². The Morgan fingerprint density at radius 1 is 1.44 bits per heavy atom. The minimum Gasteiger partial charge on any atom is -0.363 e. The lowest BCUT2D eigenvalue weighted by molar-refractivity contribution is 0.416. The molecule has 0 aliphatic carbocycles. The van der Waals surface area contributed by atoms with Crippen LogP contribution in [0.15, 0.2) is 21.9 Å². The van der Waals surface area contributed by atoms with Gasteiger partial charge in [0.15, 0.2) is 0 Å². The minimum atomic E-state index is -3.45. The molecule has 0 aromatic carbocycles. The van der Waals surface area contributed by atoms with Crippen molar-refractivity contribution in [2.45, 2.75) is 23.8 Å². The summed E-state index contributed by atoms with van der Waals surface area (Å²) in [7, 11) is -3.45. The Bertz CT molecular complexity index is 400. The number of hydrogen-bond donors (Lipinski definition) is 2. The van der Waals surface area contributed by atoms with E-state index in [4.69, 9.17) is 0 Å². The predicted molar refractivity (Wildman–Crippen MR) is 60.0 cm³/mol. The highest BCUT2D eigenvalue weighted by Crippen LogP contribution is 2.10. The van der Waals surface area contributed by atoms with Crippen LogP contribution in [-0.2, 0) is 10.0 Å². The maximum atomic E-state index is 11.7. The van der Waals surface area contributed by atoms with E-state index in [1.165, 1.54) is 6.20 Å². The molecule has 0 bridgehead atoms. The van der Waals surface area contributed by atoms with Crippen molar-refractivity contribution in [3.8, 4) is 0 Å². The highest BCUT2D eigenvalue weighted by atomic mass is 35.5. The number of sulfonamides is 1. The van der Waals surface area contributed by atoms with Crippen LogP contribution in [0.1, 0.15) is 12.8 Å². The molecule has 0 spiro atoms. The fourth-order valence-corrected chi connectivity index (χ4v) is 2.72. The van der Waals surface area contributed by atoms with Gasteiger partial charge in [-0.05, 0) is 25.9 Å². The smallest absolute Gasteiger partial charge is 0.245 e. The lowest BCUT2D eigenvalue weighted by Crippen LogP contribution is -2.42. The molecule has 2 N–H and O–H groups in total. The molecule has 16 heavy (non-hydrogen) atoms. The molecule has 1 aliphatic rings. The van der Waals surface area contributed by atoms with E-state index >= 15 is 0 Å². The second kappa shape index (κ2) is 5.62. The minimum absolute atomic E-state index is 0. The molecule has 0 unspecified atom stereocenters. The quantitative estimate of drug-likeness (QED) is 0.813. The molecule has 2 rings (SSSR count). The topological polar surface area (TPSA) is 84.2 Å². The van der Waals surface area contributed by atoms with E-state index in [2.05, 4.69) is 19.7 Å². The lowest BCUT2D eigenvalue weighted by atomic mass is 10.1. The van der Waals surface area contributed by atoms with Gasteiger partial charge in [-0.25, -0.2) is 13.1 Å². The number of piperidine rings is 1.